The number of nitrogens with two attached hydrogens (primary N) is 1. The Morgan fingerprint density at radius 1 is 1.35 bits per heavy atom. The maximum absolute atomic E-state index is 12.1. The van der Waals surface area contributed by atoms with Gasteiger partial charge in [0.25, 0.3) is 0 Å². The molecule has 7 heteroatoms. The number of hydrogen-bond donors (Lipinski definition) is 3. The Hall–Kier alpha value is -1.08. The second-order valence-corrected chi connectivity index (χ2v) is 7.58. The Labute approximate surface area is 141 Å². The highest BCUT2D eigenvalue weighted by Gasteiger charge is 2.42. The van der Waals surface area contributed by atoms with Crippen LogP contribution in [-0.2, 0) is 9.59 Å². The van der Waals surface area contributed by atoms with Crippen molar-refractivity contribution < 1.29 is 14.4 Å². The van der Waals surface area contributed by atoms with Crippen molar-refractivity contribution in [3.05, 3.63) is 0 Å². The summed E-state index contributed by atoms with van der Waals surface area (Å²) >= 11 is 1.90. The molecule has 2 rings (SSSR count). The molecule has 0 aliphatic carbocycles. The zero-order valence-corrected chi connectivity index (χ0v) is 14.2. The van der Waals surface area contributed by atoms with Gasteiger partial charge in [-0.25, -0.2) is 4.79 Å². The van der Waals surface area contributed by atoms with Crippen molar-refractivity contribution in [1.29, 1.82) is 0 Å². The van der Waals surface area contributed by atoms with Crippen molar-refractivity contribution in [1.82, 2.24) is 10.6 Å². The number of Topliss-reactive ketones (excluding diaryl/α,β-unsaturated/α-hetero) is 1. The smallest absolute Gasteiger partial charge is 0.315 e. The summed E-state index contributed by atoms with van der Waals surface area (Å²) in [5.74, 6) is 1.06. The third-order valence-electron chi connectivity index (χ3n) is 4.67. The quantitative estimate of drug-likeness (QED) is 0.387. The van der Waals surface area contributed by atoms with Crippen molar-refractivity contribution in [3.8, 4) is 0 Å². The third-order valence-corrected chi connectivity index (χ3v) is 6.18. The maximum atomic E-state index is 12.1. The molecule has 0 saturated carbocycles. The van der Waals surface area contributed by atoms with Gasteiger partial charge in [-0.15, -0.1) is 0 Å². The highest BCUT2D eigenvalue weighted by molar-refractivity contribution is 8.00. The number of carbonyl (C=O) groups excluding carboxylic acids is 3. The number of carbonyl (C=O) groups is 2. The summed E-state index contributed by atoms with van der Waals surface area (Å²) in [7, 11) is 0. The molecule has 4 N–H and O–H groups in total. The van der Waals surface area contributed by atoms with Gasteiger partial charge in [0.1, 0.15) is 5.78 Å². The molecular weight excluding hydrogens is 314 g/mol. The fourth-order valence-electron chi connectivity index (χ4n) is 3.32. The van der Waals surface area contributed by atoms with Crippen molar-refractivity contribution in [3.63, 3.8) is 0 Å². The molecule has 23 heavy (non-hydrogen) atoms. The molecule has 2 aliphatic heterocycles. The van der Waals surface area contributed by atoms with Crippen LogP contribution in [0.25, 0.3) is 0 Å². The van der Waals surface area contributed by atoms with E-state index in [0.717, 1.165) is 25.0 Å². The van der Waals surface area contributed by atoms with Crippen LogP contribution >= 0.6 is 11.8 Å². The molecular formula is C16H26N3O3S. The molecule has 129 valence electrons. The van der Waals surface area contributed by atoms with E-state index in [2.05, 4.69) is 10.6 Å². The molecule has 2 fully saturated rings. The predicted molar refractivity (Wildman–Crippen MR) is 91.1 cm³/mol. The Balaban J connectivity index is 1.61. The molecule has 4 atom stereocenters. The highest BCUT2D eigenvalue weighted by atomic mass is 32.2. The fraction of sp³-hybridized carbons (Fsp3) is 0.812. The lowest BCUT2D eigenvalue weighted by atomic mass is 9.93. The lowest BCUT2D eigenvalue weighted by Gasteiger charge is -2.17. The Kier molecular flexibility index (Phi) is 7.36. The Morgan fingerprint density at radius 2 is 2.17 bits per heavy atom. The first-order chi connectivity index (χ1) is 11.2. The van der Waals surface area contributed by atoms with Crippen molar-refractivity contribution in [2.24, 2.45) is 11.7 Å². The van der Waals surface area contributed by atoms with Crippen LogP contribution in [0.1, 0.15) is 44.9 Å². The van der Waals surface area contributed by atoms with Crippen LogP contribution in [0.5, 0.6) is 0 Å². The summed E-state index contributed by atoms with van der Waals surface area (Å²) in [6.07, 6.45) is 7.04. The van der Waals surface area contributed by atoms with Gasteiger partial charge < -0.3 is 16.4 Å². The number of nitrogens with one attached hydrogen (secondary N) is 2. The lowest BCUT2D eigenvalue weighted by Crippen LogP contribution is -2.36. The highest BCUT2D eigenvalue weighted by Crippen LogP contribution is 2.33. The molecule has 1 radical (unpaired) electrons. The predicted octanol–water partition coefficient (Wildman–Crippen LogP) is 1.14. The van der Waals surface area contributed by atoms with Gasteiger partial charge in [0.2, 0.25) is 0 Å². The van der Waals surface area contributed by atoms with Crippen LogP contribution in [0.4, 0.5) is 4.79 Å². The van der Waals surface area contributed by atoms with E-state index in [1.54, 1.807) is 0 Å². The van der Waals surface area contributed by atoms with Gasteiger partial charge in [0.05, 0.1) is 12.1 Å². The molecule has 0 aromatic heterocycles. The average Bonchev–Trinajstić information content (AvgIpc) is 3.07. The molecule has 2 heterocycles. The number of ketones is 1. The summed E-state index contributed by atoms with van der Waals surface area (Å²) in [4.78, 5) is 33.7. The number of hydrogen-bond acceptors (Lipinski definition) is 5. The molecule has 0 bridgehead atoms. The van der Waals surface area contributed by atoms with E-state index in [-0.39, 0.29) is 29.8 Å². The number of amides is 2. The first-order valence-electron chi connectivity index (χ1n) is 8.42. The number of thioether (sulfide) groups is 1. The third kappa shape index (κ3) is 5.21. The minimum Gasteiger partial charge on any atom is -0.332 e. The van der Waals surface area contributed by atoms with Gasteiger partial charge in [-0.2, -0.15) is 11.8 Å². The number of rotatable bonds is 11. The van der Waals surface area contributed by atoms with Crippen LogP contribution in [0.15, 0.2) is 0 Å². The molecule has 0 spiro atoms. The summed E-state index contributed by atoms with van der Waals surface area (Å²) < 4.78 is 0. The fourth-order valence-corrected chi connectivity index (χ4v) is 4.87. The van der Waals surface area contributed by atoms with Crippen LogP contribution in [-0.4, -0.2) is 47.7 Å². The van der Waals surface area contributed by atoms with Crippen LogP contribution < -0.4 is 16.4 Å². The Morgan fingerprint density at radius 3 is 2.91 bits per heavy atom. The number of unbranched alkanes of at least 4 members (excludes halogenated alkanes) is 2. The van der Waals surface area contributed by atoms with Gasteiger partial charge in [-0.3, -0.25) is 9.59 Å². The minimum atomic E-state index is -0.119. The van der Waals surface area contributed by atoms with E-state index in [1.165, 1.54) is 0 Å². The zero-order valence-electron chi connectivity index (χ0n) is 13.4. The topological polar surface area (TPSA) is 101 Å². The molecule has 0 aromatic carbocycles. The normalized spacial score (nSPS) is 27.2. The largest absolute Gasteiger partial charge is 0.332 e. The van der Waals surface area contributed by atoms with Gasteiger partial charge in [-0.1, -0.05) is 6.42 Å². The molecule has 1 unspecified atom stereocenters. The standard InChI is InChI=1S/C16H26N3O3S/c17-9-11(5-3-4-8-20)13(21)6-1-2-7-14-15-12(10-23-14)18-16(22)19-15/h11-12,14-15H,1-7,9-10,17H2,(H2,18,19,22)/t11?,12-,14-,15-/m0/s1. The molecule has 0 aromatic rings. The molecule has 2 aliphatic rings. The SMILES string of the molecule is NCC(CCC[C]=O)C(=O)CCCC[C@@H]1SC[C@@H]2NC(=O)N[C@@H]21. The van der Waals surface area contributed by atoms with E-state index < -0.39 is 0 Å². The average molecular weight is 340 g/mol. The first-order valence-corrected chi connectivity index (χ1v) is 9.47. The van der Waals surface area contributed by atoms with Crippen LogP contribution in [0.2, 0.25) is 0 Å². The van der Waals surface area contributed by atoms with Gasteiger partial charge >= 0.3 is 6.03 Å². The van der Waals surface area contributed by atoms with E-state index in [1.807, 2.05) is 18.0 Å². The maximum Gasteiger partial charge on any atom is 0.315 e. The second kappa shape index (κ2) is 9.27. The van der Waals surface area contributed by atoms with Gasteiger partial charge in [0.15, 0.2) is 6.29 Å². The summed E-state index contributed by atoms with van der Waals surface area (Å²) in [6.45, 7) is 0.359. The van der Waals surface area contributed by atoms with E-state index in [0.29, 0.717) is 37.5 Å². The van der Waals surface area contributed by atoms with E-state index in [4.69, 9.17) is 5.73 Å². The summed E-state index contributed by atoms with van der Waals surface area (Å²) in [6, 6.07) is 0.439. The van der Waals surface area contributed by atoms with Crippen LogP contribution in [0.3, 0.4) is 0 Å². The monoisotopic (exact) mass is 340 g/mol. The Bertz CT molecular complexity index is 433. The van der Waals surface area contributed by atoms with Crippen molar-refractivity contribution in [2.75, 3.05) is 12.3 Å². The minimum absolute atomic E-state index is 0.0566. The second-order valence-electron chi connectivity index (χ2n) is 6.30. The lowest BCUT2D eigenvalue weighted by molar-refractivity contribution is -0.122. The van der Waals surface area contributed by atoms with E-state index in [9.17, 15) is 14.4 Å². The van der Waals surface area contributed by atoms with Gasteiger partial charge in [-0.05, 0) is 25.7 Å². The zero-order chi connectivity index (χ0) is 16.7. The van der Waals surface area contributed by atoms with Crippen molar-refractivity contribution >= 4 is 29.9 Å². The van der Waals surface area contributed by atoms with Gasteiger partial charge in [0, 0.05) is 36.3 Å². The molecule has 6 nitrogen and oxygen atoms in total. The first kappa shape index (κ1) is 18.3. The molecule has 2 amide bonds. The number of urea groups is 1. The van der Waals surface area contributed by atoms with Crippen LogP contribution in [0, 0.1) is 5.92 Å². The summed E-state index contributed by atoms with van der Waals surface area (Å²) in [5, 5.41) is 6.37. The molecule has 2 saturated heterocycles. The van der Waals surface area contributed by atoms with Crippen molar-refractivity contribution in [2.45, 2.75) is 62.3 Å². The number of fused-ring (bicyclic) bond motifs is 1. The van der Waals surface area contributed by atoms with E-state index >= 15 is 0 Å². The summed E-state index contributed by atoms with van der Waals surface area (Å²) in [5.41, 5.74) is 5.66.